The number of benzene rings is 1. The van der Waals surface area contributed by atoms with Gasteiger partial charge < -0.3 is 9.88 Å². The summed E-state index contributed by atoms with van der Waals surface area (Å²) in [6, 6.07) is 6.19. The Morgan fingerprint density at radius 3 is 2.58 bits per heavy atom. The molecular weight excluding hydrogens is 236 g/mol. The molecule has 3 nitrogen and oxygen atoms in total. The maximum absolute atomic E-state index is 12.3. The van der Waals surface area contributed by atoms with Crippen LogP contribution in [-0.2, 0) is 0 Å². The Balaban J connectivity index is 2.36. The molecule has 0 aliphatic rings. The number of carbonyl (C=O) groups excluding carboxylic acids is 1. The lowest BCUT2D eigenvalue weighted by Crippen LogP contribution is -2.30. The summed E-state index contributed by atoms with van der Waals surface area (Å²) in [7, 11) is 1.85. The van der Waals surface area contributed by atoms with Gasteiger partial charge in [-0.25, -0.2) is 0 Å². The molecule has 0 unspecified atom stereocenters. The summed E-state index contributed by atoms with van der Waals surface area (Å²) in [6.45, 7) is 9.14. The van der Waals surface area contributed by atoms with Crippen LogP contribution < -0.4 is 0 Å². The van der Waals surface area contributed by atoms with E-state index >= 15 is 0 Å². The molecule has 0 radical (unpaired) electrons. The lowest BCUT2D eigenvalue weighted by molar-refractivity contribution is 0.0774. The summed E-state index contributed by atoms with van der Waals surface area (Å²) < 4.78 is 0. The number of hydrogen-bond donors (Lipinski definition) is 1. The largest absolute Gasteiger partial charge is 0.351 e. The first kappa shape index (κ1) is 13.7. The fourth-order valence-electron chi connectivity index (χ4n) is 2.55. The second kappa shape index (κ2) is 5.08. The van der Waals surface area contributed by atoms with Crippen LogP contribution in [0.4, 0.5) is 0 Å². The van der Waals surface area contributed by atoms with Gasteiger partial charge in [0.05, 0.1) is 0 Å². The first-order chi connectivity index (χ1) is 8.88. The monoisotopic (exact) mass is 258 g/mol. The van der Waals surface area contributed by atoms with Gasteiger partial charge in [-0.05, 0) is 43.0 Å². The van der Waals surface area contributed by atoms with Gasteiger partial charge >= 0.3 is 0 Å². The highest BCUT2D eigenvalue weighted by Crippen LogP contribution is 2.22. The summed E-state index contributed by atoms with van der Waals surface area (Å²) in [5.74, 6) is 0.532. The van der Waals surface area contributed by atoms with Crippen LogP contribution in [0.2, 0.25) is 0 Å². The Morgan fingerprint density at radius 2 is 1.95 bits per heavy atom. The molecule has 0 spiro atoms. The van der Waals surface area contributed by atoms with E-state index in [4.69, 9.17) is 0 Å². The number of aromatic nitrogens is 1. The number of nitrogens with zero attached hydrogens (tertiary/aromatic N) is 1. The number of carbonyl (C=O) groups is 1. The molecule has 1 aromatic heterocycles. The van der Waals surface area contributed by atoms with Crippen molar-refractivity contribution in [1.82, 2.24) is 9.88 Å². The number of fused-ring (bicyclic) bond motifs is 1. The van der Waals surface area contributed by atoms with Crippen LogP contribution in [0.15, 0.2) is 18.2 Å². The maximum Gasteiger partial charge on any atom is 0.270 e. The highest BCUT2D eigenvalue weighted by Gasteiger charge is 2.15. The molecule has 1 N–H and O–H groups in total. The summed E-state index contributed by atoms with van der Waals surface area (Å²) in [4.78, 5) is 17.4. The van der Waals surface area contributed by atoms with Crippen LogP contribution in [0.5, 0.6) is 0 Å². The van der Waals surface area contributed by atoms with E-state index in [-0.39, 0.29) is 5.91 Å². The van der Waals surface area contributed by atoms with Gasteiger partial charge in [-0.15, -0.1) is 0 Å². The van der Waals surface area contributed by atoms with Crippen LogP contribution in [0.3, 0.4) is 0 Å². The van der Waals surface area contributed by atoms with Crippen LogP contribution >= 0.6 is 0 Å². The zero-order valence-electron chi connectivity index (χ0n) is 12.4. The van der Waals surface area contributed by atoms with E-state index < -0.39 is 0 Å². The molecule has 1 heterocycles. The normalized spacial score (nSPS) is 11.3. The third-order valence-corrected chi connectivity index (χ3v) is 3.31. The highest BCUT2D eigenvalue weighted by atomic mass is 16.2. The number of hydrogen-bond acceptors (Lipinski definition) is 1. The van der Waals surface area contributed by atoms with Gasteiger partial charge in [0.15, 0.2) is 0 Å². The molecule has 3 heteroatoms. The zero-order chi connectivity index (χ0) is 14.2. The first-order valence-corrected chi connectivity index (χ1v) is 6.74. The van der Waals surface area contributed by atoms with E-state index in [1.807, 2.05) is 13.1 Å². The topological polar surface area (TPSA) is 36.1 Å². The van der Waals surface area contributed by atoms with E-state index in [0.29, 0.717) is 11.6 Å². The molecule has 0 aliphatic carbocycles. The Labute approximate surface area is 114 Å². The summed E-state index contributed by atoms with van der Waals surface area (Å²) in [5.41, 5.74) is 4.13. The van der Waals surface area contributed by atoms with E-state index in [2.05, 4.69) is 44.8 Å². The molecule has 0 saturated heterocycles. The average Bonchev–Trinajstić information content (AvgIpc) is 2.70. The summed E-state index contributed by atoms with van der Waals surface area (Å²) >= 11 is 0. The van der Waals surface area contributed by atoms with Gasteiger partial charge in [-0.1, -0.05) is 19.9 Å². The molecule has 2 aromatic rings. The fraction of sp³-hybridized carbons (Fsp3) is 0.438. The molecule has 0 bridgehead atoms. The van der Waals surface area contributed by atoms with Gasteiger partial charge in [0.2, 0.25) is 0 Å². The Hall–Kier alpha value is -1.77. The second-order valence-electron chi connectivity index (χ2n) is 5.81. The van der Waals surface area contributed by atoms with Gasteiger partial charge in [-0.3, -0.25) is 4.79 Å². The summed E-state index contributed by atoms with van der Waals surface area (Å²) in [5, 5.41) is 1.13. The average molecular weight is 258 g/mol. The number of rotatable bonds is 3. The molecular formula is C16H22N2O. The molecule has 0 atom stereocenters. The highest BCUT2D eigenvalue weighted by molar-refractivity contribution is 5.98. The standard InChI is InChI=1S/C16H22N2O/c1-10(2)9-18(5)16(19)15-8-13-12(4)6-11(3)7-14(13)17-15/h6-8,10,17H,9H2,1-5H3. The lowest BCUT2D eigenvalue weighted by atomic mass is 10.1. The zero-order valence-corrected chi connectivity index (χ0v) is 12.4. The molecule has 2 rings (SSSR count). The predicted molar refractivity (Wildman–Crippen MR) is 79.6 cm³/mol. The van der Waals surface area contributed by atoms with Crippen molar-refractivity contribution in [3.8, 4) is 0 Å². The minimum absolute atomic E-state index is 0.0574. The van der Waals surface area contributed by atoms with Crippen molar-refractivity contribution < 1.29 is 4.79 Å². The SMILES string of the molecule is Cc1cc(C)c2cc(C(=O)N(C)CC(C)C)[nH]c2c1. The molecule has 19 heavy (non-hydrogen) atoms. The van der Waals surface area contributed by atoms with Crippen LogP contribution in [0.25, 0.3) is 10.9 Å². The van der Waals surface area contributed by atoms with Gasteiger partial charge in [0.25, 0.3) is 5.91 Å². The second-order valence-corrected chi connectivity index (χ2v) is 5.81. The number of aryl methyl sites for hydroxylation is 2. The van der Waals surface area contributed by atoms with Gasteiger partial charge in [0, 0.05) is 24.5 Å². The van der Waals surface area contributed by atoms with Crippen molar-refractivity contribution in [3.63, 3.8) is 0 Å². The Kier molecular flexibility index (Phi) is 3.65. The molecule has 1 amide bonds. The number of aromatic amines is 1. The molecule has 1 aromatic carbocycles. The van der Waals surface area contributed by atoms with E-state index in [1.54, 1.807) is 4.90 Å². The third-order valence-electron chi connectivity index (χ3n) is 3.31. The maximum atomic E-state index is 12.3. The van der Waals surface area contributed by atoms with Gasteiger partial charge in [-0.2, -0.15) is 0 Å². The van der Waals surface area contributed by atoms with Crippen molar-refractivity contribution in [2.45, 2.75) is 27.7 Å². The lowest BCUT2D eigenvalue weighted by Gasteiger charge is -2.18. The summed E-state index contributed by atoms with van der Waals surface area (Å²) in [6.07, 6.45) is 0. The molecule has 0 fully saturated rings. The number of nitrogens with one attached hydrogen (secondary N) is 1. The van der Waals surface area contributed by atoms with Gasteiger partial charge in [0.1, 0.15) is 5.69 Å². The molecule has 0 aliphatic heterocycles. The van der Waals surface area contributed by atoms with Crippen LogP contribution in [0.1, 0.15) is 35.5 Å². The van der Waals surface area contributed by atoms with Crippen molar-refractivity contribution in [2.75, 3.05) is 13.6 Å². The first-order valence-electron chi connectivity index (χ1n) is 6.74. The smallest absolute Gasteiger partial charge is 0.270 e. The fourth-order valence-corrected chi connectivity index (χ4v) is 2.55. The predicted octanol–water partition coefficient (Wildman–Crippen LogP) is 3.51. The number of amides is 1. The van der Waals surface area contributed by atoms with Crippen molar-refractivity contribution >= 4 is 16.8 Å². The van der Waals surface area contributed by atoms with Crippen LogP contribution in [-0.4, -0.2) is 29.4 Å². The molecule has 102 valence electrons. The third kappa shape index (κ3) is 2.80. The van der Waals surface area contributed by atoms with E-state index in [1.165, 1.54) is 11.1 Å². The van der Waals surface area contributed by atoms with Crippen LogP contribution in [0, 0.1) is 19.8 Å². The minimum atomic E-state index is 0.0574. The van der Waals surface area contributed by atoms with Crippen molar-refractivity contribution in [2.24, 2.45) is 5.92 Å². The Bertz CT molecular complexity index is 610. The minimum Gasteiger partial charge on any atom is -0.351 e. The Morgan fingerprint density at radius 1 is 1.26 bits per heavy atom. The van der Waals surface area contributed by atoms with Crippen molar-refractivity contribution in [3.05, 3.63) is 35.0 Å². The van der Waals surface area contributed by atoms with E-state index in [9.17, 15) is 4.79 Å². The van der Waals surface area contributed by atoms with E-state index in [0.717, 1.165) is 17.4 Å². The number of H-pyrrole nitrogens is 1. The van der Waals surface area contributed by atoms with Crippen molar-refractivity contribution in [1.29, 1.82) is 0 Å². The molecule has 0 saturated carbocycles. The quantitative estimate of drug-likeness (QED) is 0.898.